The van der Waals surface area contributed by atoms with Crippen LogP contribution in [-0.4, -0.2) is 4.98 Å². The van der Waals surface area contributed by atoms with Crippen molar-refractivity contribution in [2.75, 3.05) is 5.73 Å². The molecule has 2 aromatic carbocycles. The number of anilines is 1. The summed E-state index contributed by atoms with van der Waals surface area (Å²) in [7, 11) is 0. The number of nitrogens with zero attached hydrogens (tertiary/aromatic N) is 1. The average molecular weight is 310 g/mol. The van der Waals surface area contributed by atoms with Crippen molar-refractivity contribution in [3.8, 4) is 16.3 Å². The number of ether oxygens (including phenoxy) is 1. The van der Waals surface area contributed by atoms with Gasteiger partial charge in [-0.25, -0.2) is 4.98 Å². The van der Waals surface area contributed by atoms with Crippen LogP contribution < -0.4 is 10.5 Å². The Hall–Kier alpha value is -2.33. The van der Waals surface area contributed by atoms with Crippen LogP contribution in [0.2, 0.25) is 0 Å². The Bertz CT molecular complexity index is 795. The fourth-order valence-corrected chi connectivity index (χ4v) is 3.02. The van der Waals surface area contributed by atoms with Gasteiger partial charge in [0.25, 0.3) is 0 Å². The van der Waals surface area contributed by atoms with Gasteiger partial charge in [-0.2, -0.15) is 0 Å². The van der Waals surface area contributed by atoms with Crippen LogP contribution in [-0.2, 0) is 6.61 Å². The quantitative estimate of drug-likeness (QED) is 0.717. The van der Waals surface area contributed by atoms with E-state index in [-0.39, 0.29) is 0 Å². The molecule has 0 aliphatic heterocycles. The first-order valence-corrected chi connectivity index (χ1v) is 8.01. The van der Waals surface area contributed by atoms with Crippen LogP contribution in [0.25, 0.3) is 10.6 Å². The molecule has 0 saturated carbocycles. The van der Waals surface area contributed by atoms with Gasteiger partial charge in [0.2, 0.25) is 0 Å². The number of nitrogens with two attached hydrogens (primary N) is 1. The summed E-state index contributed by atoms with van der Waals surface area (Å²) in [5, 5.41) is 3.02. The zero-order valence-corrected chi connectivity index (χ0v) is 13.5. The van der Waals surface area contributed by atoms with Gasteiger partial charge in [-0.15, -0.1) is 11.3 Å². The lowest BCUT2D eigenvalue weighted by Crippen LogP contribution is -2.00. The van der Waals surface area contributed by atoms with Crippen LogP contribution in [0.5, 0.6) is 5.75 Å². The molecule has 1 heterocycles. The van der Waals surface area contributed by atoms with Gasteiger partial charge in [0, 0.05) is 16.6 Å². The van der Waals surface area contributed by atoms with Gasteiger partial charge in [0.05, 0.1) is 5.69 Å². The number of aromatic nitrogens is 1. The highest BCUT2D eigenvalue weighted by atomic mass is 32.1. The summed E-state index contributed by atoms with van der Waals surface area (Å²) in [5.41, 5.74) is 11.2. The number of rotatable bonds is 4. The van der Waals surface area contributed by atoms with Crippen molar-refractivity contribution >= 4 is 17.0 Å². The maximum Gasteiger partial charge on any atom is 0.142 e. The lowest BCUT2D eigenvalue weighted by Gasteiger charge is -2.11. The van der Waals surface area contributed by atoms with E-state index in [1.807, 2.05) is 42.6 Å². The molecule has 2 N–H and O–H groups in total. The Kier molecular flexibility index (Phi) is 4.11. The molecule has 0 unspecified atom stereocenters. The number of nitrogen functional groups attached to an aromatic ring is 1. The van der Waals surface area contributed by atoms with Crippen LogP contribution >= 0.6 is 11.3 Å². The highest BCUT2D eigenvalue weighted by molar-refractivity contribution is 7.13. The molecule has 0 fully saturated rings. The summed E-state index contributed by atoms with van der Waals surface area (Å²) in [6, 6.07) is 14.0. The first-order valence-electron chi connectivity index (χ1n) is 7.13. The number of aryl methyl sites for hydroxylation is 2. The van der Waals surface area contributed by atoms with E-state index in [9.17, 15) is 0 Å². The van der Waals surface area contributed by atoms with Crippen molar-refractivity contribution in [3.63, 3.8) is 0 Å². The van der Waals surface area contributed by atoms with Crippen LogP contribution in [0.3, 0.4) is 0 Å². The number of benzene rings is 2. The van der Waals surface area contributed by atoms with E-state index >= 15 is 0 Å². The third-order valence-corrected chi connectivity index (χ3v) is 4.53. The highest BCUT2D eigenvalue weighted by Crippen LogP contribution is 2.30. The van der Waals surface area contributed by atoms with Gasteiger partial charge in [-0.3, -0.25) is 0 Å². The van der Waals surface area contributed by atoms with Crippen molar-refractivity contribution in [1.82, 2.24) is 4.98 Å². The van der Waals surface area contributed by atoms with Crippen molar-refractivity contribution in [1.29, 1.82) is 0 Å². The normalized spacial score (nSPS) is 10.6. The monoisotopic (exact) mass is 310 g/mol. The molecule has 3 rings (SSSR count). The molecule has 4 heteroatoms. The lowest BCUT2D eigenvalue weighted by atomic mass is 10.1. The van der Waals surface area contributed by atoms with E-state index in [0.717, 1.165) is 16.3 Å². The minimum Gasteiger partial charge on any atom is -0.487 e. The second-order valence-corrected chi connectivity index (χ2v) is 6.12. The molecule has 112 valence electrons. The summed E-state index contributed by atoms with van der Waals surface area (Å²) < 4.78 is 5.86. The summed E-state index contributed by atoms with van der Waals surface area (Å²) >= 11 is 1.62. The van der Waals surface area contributed by atoms with E-state index < -0.39 is 0 Å². The minimum absolute atomic E-state index is 0.520. The molecule has 0 aliphatic carbocycles. The fraction of sp³-hybridized carbons (Fsp3) is 0.167. The minimum atomic E-state index is 0.520. The van der Waals surface area contributed by atoms with Crippen molar-refractivity contribution in [2.45, 2.75) is 20.5 Å². The number of hydrogen-bond donors (Lipinski definition) is 1. The van der Waals surface area contributed by atoms with E-state index in [2.05, 4.69) is 24.0 Å². The molecule has 22 heavy (non-hydrogen) atoms. The first kappa shape index (κ1) is 14.6. The van der Waals surface area contributed by atoms with Crippen molar-refractivity contribution < 1.29 is 4.74 Å². The second-order valence-electron chi connectivity index (χ2n) is 5.26. The largest absolute Gasteiger partial charge is 0.487 e. The van der Waals surface area contributed by atoms with Crippen LogP contribution in [0.1, 0.15) is 16.8 Å². The van der Waals surface area contributed by atoms with Gasteiger partial charge in [0.1, 0.15) is 17.4 Å². The molecular formula is C18H18N2OS. The van der Waals surface area contributed by atoms with Crippen LogP contribution in [0.4, 0.5) is 5.69 Å². The Morgan fingerprint density at radius 2 is 1.95 bits per heavy atom. The lowest BCUT2D eigenvalue weighted by molar-refractivity contribution is 0.307. The molecular weight excluding hydrogens is 292 g/mol. The molecule has 0 radical (unpaired) electrons. The van der Waals surface area contributed by atoms with Crippen molar-refractivity contribution in [3.05, 3.63) is 64.7 Å². The third-order valence-electron chi connectivity index (χ3n) is 3.52. The second kappa shape index (κ2) is 6.20. The third kappa shape index (κ3) is 3.12. The van der Waals surface area contributed by atoms with E-state index in [4.69, 9.17) is 10.5 Å². The predicted molar refractivity (Wildman–Crippen MR) is 92.2 cm³/mol. The molecule has 0 saturated heterocycles. The van der Waals surface area contributed by atoms with Gasteiger partial charge in [-0.1, -0.05) is 24.3 Å². The molecule has 0 bridgehead atoms. The zero-order chi connectivity index (χ0) is 15.5. The Morgan fingerprint density at radius 3 is 2.64 bits per heavy atom. The van der Waals surface area contributed by atoms with Gasteiger partial charge < -0.3 is 10.5 Å². The van der Waals surface area contributed by atoms with Crippen LogP contribution in [0.15, 0.2) is 47.8 Å². The van der Waals surface area contributed by atoms with E-state index in [1.54, 1.807) is 11.3 Å². The molecule has 0 amide bonds. The number of thiazole rings is 1. The summed E-state index contributed by atoms with van der Waals surface area (Å²) in [6.45, 7) is 4.59. The summed E-state index contributed by atoms with van der Waals surface area (Å²) in [4.78, 5) is 4.48. The molecule has 0 aliphatic rings. The topological polar surface area (TPSA) is 48.1 Å². The van der Waals surface area contributed by atoms with Crippen molar-refractivity contribution in [2.24, 2.45) is 0 Å². The standard InChI is InChI=1S/C18H18N2OS/c1-12-5-3-4-6-15(12)10-21-17-8-7-14(9-16(17)19)18-20-13(2)11-22-18/h3-9,11H,10,19H2,1-2H3. The van der Waals surface area contributed by atoms with Gasteiger partial charge >= 0.3 is 0 Å². The molecule has 0 atom stereocenters. The summed E-state index contributed by atoms with van der Waals surface area (Å²) in [5.74, 6) is 0.709. The maximum atomic E-state index is 6.12. The number of hydrogen-bond acceptors (Lipinski definition) is 4. The Balaban J connectivity index is 1.77. The fourth-order valence-electron chi connectivity index (χ4n) is 2.23. The molecule has 0 spiro atoms. The van der Waals surface area contributed by atoms with Gasteiger partial charge in [0.15, 0.2) is 0 Å². The molecule has 3 nitrogen and oxygen atoms in total. The zero-order valence-electron chi connectivity index (χ0n) is 12.7. The first-order chi connectivity index (χ1) is 10.6. The maximum absolute atomic E-state index is 6.12. The SMILES string of the molecule is Cc1csc(-c2ccc(OCc3ccccc3C)c(N)c2)n1. The average Bonchev–Trinajstić information content (AvgIpc) is 2.94. The molecule has 3 aromatic rings. The summed E-state index contributed by atoms with van der Waals surface area (Å²) in [6.07, 6.45) is 0. The Morgan fingerprint density at radius 1 is 1.14 bits per heavy atom. The smallest absolute Gasteiger partial charge is 0.142 e. The Labute approximate surface area is 134 Å². The van der Waals surface area contributed by atoms with Gasteiger partial charge in [-0.05, 0) is 43.2 Å². The van der Waals surface area contributed by atoms with Crippen LogP contribution in [0, 0.1) is 13.8 Å². The van der Waals surface area contributed by atoms with E-state index in [1.165, 1.54) is 11.1 Å². The van der Waals surface area contributed by atoms with E-state index in [0.29, 0.717) is 18.0 Å². The predicted octanol–water partition coefficient (Wildman–Crippen LogP) is 4.59. The highest BCUT2D eigenvalue weighted by Gasteiger charge is 2.07. The molecule has 1 aromatic heterocycles.